The smallest absolute Gasteiger partial charge is 0.182 e. The topological polar surface area (TPSA) is 21.6 Å². The summed E-state index contributed by atoms with van der Waals surface area (Å²) in [5, 5.41) is 0. The minimum atomic E-state index is -1.28. The van der Waals surface area contributed by atoms with E-state index in [1.54, 1.807) is 0 Å². The van der Waals surface area contributed by atoms with E-state index in [4.69, 9.17) is 4.74 Å². The lowest BCUT2D eigenvalue weighted by Crippen LogP contribution is -2.42. The first kappa shape index (κ1) is 17.1. The third kappa shape index (κ3) is 4.16. The maximum atomic E-state index is 14.1. The van der Waals surface area contributed by atoms with Gasteiger partial charge in [0.25, 0.3) is 0 Å². The van der Waals surface area contributed by atoms with Crippen LogP contribution in [0.5, 0.6) is 0 Å². The van der Waals surface area contributed by atoms with Crippen LogP contribution in [0.25, 0.3) is 0 Å². The number of hydrogen-bond donors (Lipinski definition) is 0. The summed E-state index contributed by atoms with van der Waals surface area (Å²) in [4.78, 5) is 4.51. The number of ether oxygens (including phenoxy) is 1. The minimum Gasteiger partial charge on any atom is -0.374 e. The van der Waals surface area contributed by atoms with Crippen LogP contribution in [-0.2, 0) is 10.4 Å². The number of rotatable bonds is 3. The molecule has 1 aromatic rings. The fourth-order valence-electron chi connectivity index (χ4n) is 2.40. The van der Waals surface area contributed by atoms with Crippen molar-refractivity contribution in [3.05, 3.63) is 29.3 Å². The quantitative estimate of drug-likeness (QED) is 0.676. The van der Waals surface area contributed by atoms with Gasteiger partial charge in [-0.15, -0.1) is 0 Å². The molecule has 1 heterocycles. The van der Waals surface area contributed by atoms with E-state index in [1.165, 1.54) is 19.3 Å². The van der Waals surface area contributed by atoms with Crippen molar-refractivity contribution in [1.82, 2.24) is 0 Å². The molecular formula is C19H28FNO. The molecular weight excluding hydrogens is 277 g/mol. The molecule has 0 spiro atoms. The lowest BCUT2D eigenvalue weighted by molar-refractivity contribution is -0.135. The highest BCUT2D eigenvalue weighted by Crippen LogP contribution is 2.35. The molecule has 0 bridgehead atoms. The summed E-state index contributed by atoms with van der Waals surface area (Å²) in [6.07, 6.45) is 5.39. The maximum absolute atomic E-state index is 14.1. The summed E-state index contributed by atoms with van der Waals surface area (Å²) in [6.45, 7) is 8.69. The third-order valence-electron chi connectivity index (χ3n) is 4.59. The average molecular weight is 305 g/mol. The Bertz CT molecular complexity index is 530. The fourth-order valence-corrected chi connectivity index (χ4v) is 2.40. The van der Waals surface area contributed by atoms with Crippen molar-refractivity contribution in [3.63, 3.8) is 0 Å². The predicted molar refractivity (Wildman–Crippen MR) is 90.9 cm³/mol. The van der Waals surface area contributed by atoms with Crippen LogP contribution in [0.1, 0.15) is 57.6 Å². The molecule has 0 unspecified atom stereocenters. The van der Waals surface area contributed by atoms with Crippen LogP contribution >= 0.6 is 0 Å². The number of halogens is 1. The van der Waals surface area contributed by atoms with Crippen molar-refractivity contribution in [1.29, 1.82) is 0 Å². The molecule has 1 aromatic carbocycles. The van der Waals surface area contributed by atoms with Gasteiger partial charge in [0.05, 0.1) is 18.9 Å². The van der Waals surface area contributed by atoms with Crippen molar-refractivity contribution >= 4 is 11.4 Å². The van der Waals surface area contributed by atoms with Crippen LogP contribution in [0.15, 0.2) is 23.2 Å². The molecule has 0 N–H and O–H groups in total. The molecule has 122 valence electrons. The number of benzene rings is 1. The van der Waals surface area contributed by atoms with Gasteiger partial charge in [0, 0.05) is 5.71 Å². The molecule has 0 radical (unpaired) electrons. The van der Waals surface area contributed by atoms with Crippen LogP contribution in [0, 0.1) is 12.8 Å². The van der Waals surface area contributed by atoms with Gasteiger partial charge in [0.15, 0.2) is 5.67 Å². The van der Waals surface area contributed by atoms with Gasteiger partial charge < -0.3 is 4.74 Å². The molecule has 1 aliphatic heterocycles. The van der Waals surface area contributed by atoms with Gasteiger partial charge in [0.1, 0.15) is 0 Å². The predicted octanol–water partition coefficient (Wildman–Crippen LogP) is 5.50. The zero-order valence-corrected chi connectivity index (χ0v) is 14.3. The largest absolute Gasteiger partial charge is 0.374 e. The molecule has 0 aromatic heterocycles. The molecule has 1 saturated carbocycles. The van der Waals surface area contributed by atoms with Crippen molar-refractivity contribution in [2.75, 3.05) is 13.2 Å². The first-order chi connectivity index (χ1) is 10.4. The van der Waals surface area contributed by atoms with Gasteiger partial charge in [-0.05, 0) is 43.4 Å². The van der Waals surface area contributed by atoms with Crippen LogP contribution in [0.2, 0.25) is 0 Å². The molecule has 1 saturated heterocycles. The molecule has 1 aliphatic carbocycles. The van der Waals surface area contributed by atoms with Crippen molar-refractivity contribution in [2.24, 2.45) is 10.9 Å². The minimum absolute atomic E-state index is 0.170. The molecule has 3 heteroatoms. The van der Waals surface area contributed by atoms with Gasteiger partial charge in [-0.25, -0.2) is 4.39 Å². The molecule has 2 aliphatic rings. The summed E-state index contributed by atoms with van der Waals surface area (Å²) in [6, 6.07) is 5.59. The Balaban J connectivity index is 0.000000299. The average Bonchev–Trinajstić information content (AvgIpc) is 2.45. The summed E-state index contributed by atoms with van der Waals surface area (Å²) in [7, 11) is 0. The molecule has 2 fully saturated rings. The number of aryl methyl sites for hydroxylation is 1. The van der Waals surface area contributed by atoms with Gasteiger partial charge in [-0.3, -0.25) is 4.99 Å². The van der Waals surface area contributed by atoms with E-state index in [1.807, 2.05) is 32.0 Å². The van der Waals surface area contributed by atoms with Crippen LogP contribution in [0.4, 0.5) is 10.1 Å². The van der Waals surface area contributed by atoms with E-state index in [9.17, 15) is 4.39 Å². The Morgan fingerprint density at radius 1 is 1.36 bits per heavy atom. The second-order valence-electron chi connectivity index (χ2n) is 6.70. The van der Waals surface area contributed by atoms with E-state index < -0.39 is 5.67 Å². The molecule has 2 nitrogen and oxygen atoms in total. The van der Waals surface area contributed by atoms with E-state index in [0.29, 0.717) is 5.56 Å². The Hall–Kier alpha value is -1.22. The van der Waals surface area contributed by atoms with E-state index in [-0.39, 0.29) is 13.2 Å². The van der Waals surface area contributed by atoms with Crippen molar-refractivity contribution in [2.45, 2.75) is 59.0 Å². The lowest BCUT2D eigenvalue weighted by atomic mass is 9.88. The number of aliphatic imine (C=N–C) groups is 1. The Morgan fingerprint density at radius 3 is 2.36 bits per heavy atom. The van der Waals surface area contributed by atoms with E-state index in [2.05, 4.69) is 18.8 Å². The normalized spacial score (nSPS) is 20.5. The second kappa shape index (κ2) is 7.36. The summed E-state index contributed by atoms with van der Waals surface area (Å²) in [5.41, 5.74) is 2.44. The summed E-state index contributed by atoms with van der Waals surface area (Å²) < 4.78 is 19.1. The summed E-state index contributed by atoms with van der Waals surface area (Å²) in [5.74, 6) is 1.06. The standard InChI is InChI=1S/C14H18FNO.C5H10/c1-4-11(3)16-13-6-5-12(7-10(13)2)14(15)8-17-9-14;1-5-3-2-4-5/h5-7H,4,8-9H2,1-3H3;5H,2-4H2,1H3. The van der Waals surface area contributed by atoms with Crippen molar-refractivity contribution < 1.29 is 9.13 Å². The zero-order valence-electron chi connectivity index (χ0n) is 14.3. The zero-order chi connectivity index (χ0) is 16.2. The fraction of sp³-hybridized carbons (Fsp3) is 0.632. The second-order valence-corrected chi connectivity index (χ2v) is 6.70. The highest BCUT2D eigenvalue weighted by molar-refractivity contribution is 5.84. The molecule has 0 amide bonds. The van der Waals surface area contributed by atoms with Gasteiger partial charge in [0.2, 0.25) is 0 Å². The van der Waals surface area contributed by atoms with Gasteiger partial charge in [-0.2, -0.15) is 0 Å². The first-order valence-electron chi connectivity index (χ1n) is 8.36. The first-order valence-corrected chi connectivity index (χ1v) is 8.36. The van der Waals surface area contributed by atoms with Gasteiger partial charge >= 0.3 is 0 Å². The summed E-state index contributed by atoms with van der Waals surface area (Å²) >= 11 is 0. The maximum Gasteiger partial charge on any atom is 0.182 e. The molecule has 22 heavy (non-hydrogen) atoms. The molecule has 0 atom stereocenters. The van der Waals surface area contributed by atoms with Crippen LogP contribution < -0.4 is 0 Å². The monoisotopic (exact) mass is 305 g/mol. The van der Waals surface area contributed by atoms with Crippen LogP contribution in [-0.4, -0.2) is 18.9 Å². The number of alkyl halides is 1. The molecule has 3 rings (SSSR count). The third-order valence-corrected chi connectivity index (χ3v) is 4.59. The number of nitrogens with zero attached hydrogens (tertiary/aromatic N) is 1. The Labute approximate surface area is 133 Å². The van der Waals surface area contributed by atoms with E-state index in [0.717, 1.165) is 29.3 Å². The SMILES string of the molecule is CC1CCC1.CCC(C)=Nc1ccc(C2(F)COC2)cc1C. The Kier molecular flexibility index (Phi) is 5.74. The van der Waals surface area contributed by atoms with Gasteiger partial charge in [-0.1, -0.05) is 45.2 Å². The lowest BCUT2D eigenvalue weighted by Gasteiger charge is -2.34. The Morgan fingerprint density at radius 2 is 2.00 bits per heavy atom. The van der Waals surface area contributed by atoms with E-state index >= 15 is 0 Å². The highest BCUT2D eigenvalue weighted by atomic mass is 19.1. The highest BCUT2D eigenvalue weighted by Gasteiger charge is 2.40. The van der Waals surface area contributed by atoms with Crippen LogP contribution in [0.3, 0.4) is 0 Å². The number of hydrogen-bond acceptors (Lipinski definition) is 2. The van der Waals surface area contributed by atoms with Crippen molar-refractivity contribution in [3.8, 4) is 0 Å².